The van der Waals surface area contributed by atoms with E-state index >= 15 is 0 Å². The fourth-order valence-electron chi connectivity index (χ4n) is 0.828. The highest BCUT2D eigenvalue weighted by Crippen LogP contribution is 2.10. The number of benzene rings is 1. The van der Waals surface area contributed by atoms with Gasteiger partial charge in [-0.2, -0.15) is 0 Å². The number of nitrogens with zero attached hydrogens (tertiary/aromatic N) is 1. The van der Waals surface area contributed by atoms with E-state index < -0.39 is 6.26 Å². The van der Waals surface area contributed by atoms with Gasteiger partial charge in [-0.25, -0.2) is 0 Å². The molecule has 2 nitrogen and oxygen atoms in total. The van der Waals surface area contributed by atoms with Gasteiger partial charge in [0.15, 0.2) is 0 Å². The Morgan fingerprint density at radius 3 is 2.27 bits per heavy atom. The smallest absolute Gasteiger partial charge is 0.150 e. The van der Waals surface area contributed by atoms with Crippen LogP contribution in [0.1, 0.15) is 11.7 Å². The third kappa shape index (κ3) is 1.80. The van der Waals surface area contributed by atoms with E-state index in [1.54, 1.807) is 12.1 Å². The molecule has 0 aliphatic rings. The lowest BCUT2D eigenvalue weighted by Gasteiger charge is -2.11. The van der Waals surface area contributed by atoms with E-state index in [1.165, 1.54) is 0 Å². The molecule has 0 amide bonds. The number of anilines is 1. The fourth-order valence-corrected chi connectivity index (χ4v) is 0.828. The third-order valence-electron chi connectivity index (χ3n) is 1.50. The van der Waals surface area contributed by atoms with E-state index in [-0.39, 0.29) is 0 Å². The third-order valence-corrected chi connectivity index (χ3v) is 1.50. The van der Waals surface area contributed by atoms with Crippen LogP contribution in [0.3, 0.4) is 0 Å². The van der Waals surface area contributed by atoms with Crippen molar-refractivity contribution in [2.45, 2.75) is 0 Å². The van der Waals surface area contributed by atoms with Crippen LogP contribution in [0.2, 0.25) is 0 Å². The molecule has 0 bridgehead atoms. The molecule has 0 saturated carbocycles. The highest BCUT2D eigenvalue weighted by Gasteiger charge is 1.93. The maximum atomic E-state index is 10.6. The first-order chi connectivity index (χ1) is 5.61. The minimum Gasteiger partial charge on any atom is -0.378 e. The van der Waals surface area contributed by atoms with Crippen molar-refractivity contribution in [3.05, 3.63) is 29.8 Å². The molecule has 0 aliphatic carbocycles. The molecule has 0 fully saturated rings. The summed E-state index contributed by atoms with van der Waals surface area (Å²) < 4.78 is 6.84. The van der Waals surface area contributed by atoms with Crippen molar-refractivity contribution in [1.29, 1.82) is 0 Å². The van der Waals surface area contributed by atoms with E-state index in [1.807, 2.05) is 31.1 Å². The van der Waals surface area contributed by atoms with E-state index in [9.17, 15) is 4.79 Å². The highest BCUT2D eigenvalue weighted by atomic mass is 16.1. The van der Waals surface area contributed by atoms with Gasteiger partial charge >= 0.3 is 0 Å². The Morgan fingerprint density at radius 1 is 1.36 bits per heavy atom. The lowest BCUT2D eigenvalue weighted by molar-refractivity contribution is 0.112. The second kappa shape index (κ2) is 3.19. The Balaban J connectivity index is 2.93. The number of carbonyl (C=O) groups is 1. The molecule has 0 radical (unpaired) electrons. The largest absolute Gasteiger partial charge is 0.378 e. The van der Waals surface area contributed by atoms with Gasteiger partial charge in [0.25, 0.3) is 0 Å². The summed E-state index contributed by atoms with van der Waals surface area (Å²) >= 11 is 0. The van der Waals surface area contributed by atoms with Crippen LogP contribution < -0.4 is 4.90 Å². The van der Waals surface area contributed by atoms with Crippen LogP contribution >= 0.6 is 0 Å². The first-order valence-corrected chi connectivity index (χ1v) is 3.39. The number of rotatable bonds is 2. The van der Waals surface area contributed by atoms with Gasteiger partial charge in [-0.3, -0.25) is 4.79 Å². The monoisotopic (exact) mass is 150 g/mol. The van der Waals surface area contributed by atoms with E-state index in [4.69, 9.17) is 1.37 Å². The van der Waals surface area contributed by atoms with Crippen LogP contribution in [0, 0.1) is 0 Å². The number of carbonyl (C=O) groups excluding carboxylic acids is 1. The second-order valence-electron chi connectivity index (χ2n) is 2.54. The predicted octanol–water partition coefficient (Wildman–Crippen LogP) is 1.57. The van der Waals surface area contributed by atoms with Gasteiger partial charge in [0, 0.05) is 25.3 Å². The summed E-state index contributed by atoms with van der Waals surface area (Å²) in [5.74, 6) is 0. The molecule has 0 atom stereocenters. The average molecular weight is 150 g/mol. The lowest BCUT2D eigenvalue weighted by Crippen LogP contribution is -2.08. The first-order valence-electron chi connectivity index (χ1n) is 3.89. The lowest BCUT2D eigenvalue weighted by atomic mass is 10.2. The molecule has 58 valence electrons. The van der Waals surface area contributed by atoms with Crippen molar-refractivity contribution < 1.29 is 6.17 Å². The standard InChI is InChI=1S/C9H11NO/c1-10(2)9-5-3-8(7-11)4-6-9/h3-7H,1-2H3/i7D. The van der Waals surface area contributed by atoms with Crippen molar-refractivity contribution in [2.24, 2.45) is 0 Å². The Bertz CT molecular complexity index is 279. The minimum absolute atomic E-state index is 0.431. The van der Waals surface area contributed by atoms with Gasteiger partial charge in [-0.15, -0.1) is 0 Å². The molecule has 0 N–H and O–H groups in total. The summed E-state index contributed by atoms with van der Waals surface area (Å²) in [5, 5.41) is 0. The molecular formula is C9H11NO. The summed E-state index contributed by atoms with van der Waals surface area (Å²) in [6.45, 7) is 0. The Labute approximate surface area is 67.9 Å². The normalized spacial score (nSPS) is 10.5. The number of hydrogen-bond acceptors (Lipinski definition) is 2. The minimum atomic E-state index is -0.639. The molecular weight excluding hydrogens is 138 g/mol. The van der Waals surface area contributed by atoms with Crippen LogP contribution in [-0.4, -0.2) is 20.4 Å². The van der Waals surface area contributed by atoms with Crippen molar-refractivity contribution in [1.82, 2.24) is 0 Å². The predicted molar refractivity (Wildman–Crippen MR) is 46.2 cm³/mol. The van der Waals surface area contributed by atoms with Crippen molar-refractivity contribution in [2.75, 3.05) is 19.0 Å². The summed E-state index contributed by atoms with van der Waals surface area (Å²) in [6.07, 6.45) is -0.639. The molecule has 0 saturated heterocycles. The van der Waals surface area contributed by atoms with E-state index in [0.29, 0.717) is 5.56 Å². The molecule has 0 heterocycles. The topological polar surface area (TPSA) is 20.3 Å². The van der Waals surface area contributed by atoms with Crippen LogP contribution in [0.25, 0.3) is 0 Å². The molecule has 11 heavy (non-hydrogen) atoms. The first kappa shape index (κ1) is 6.40. The summed E-state index contributed by atoms with van der Waals surface area (Å²) in [6, 6.07) is 6.96. The quantitative estimate of drug-likeness (QED) is 0.596. The van der Waals surface area contributed by atoms with Gasteiger partial charge < -0.3 is 4.90 Å². The zero-order valence-corrected chi connectivity index (χ0v) is 6.66. The summed E-state index contributed by atoms with van der Waals surface area (Å²) in [5.41, 5.74) is 1.46. The second-order valence-corrected chi connectivity index (χ2v) is 2.54. The molecule has 0 unspecified atom stereocenters. The Morgan fingerprint density at radius 2 is 1.91 bits per heavy atom. The van der Waals surface area contributed by atoms with Crippen molar-refractivity contribution in [3.8, 4) is 0 Å². The highest BCUT2D eigenvalue weighted by molar-refractivity contribution is 5.75. The molecule has 2 heteroatoms. The Hall–Kier alpha value is -1.31. The molecule has 0 aromatic heterocycles. The maximum absolute atomic E-state index is 10.6. The van der Waals surface area contributed by atoms with Crippen molar-refractivity contribution >= 4 is 11.9 Å². The van der Waals surface area contributed by atoms with Crippen LogP contribution in [-0.2, 0) is 0 Å². The zero-order chi connectivity index (χ0) is 9.14. The maximum Gasteiger partial charge on any atom is 0.150 e. The van der Waals surface area contributed by atoms with Crippen LogP contribution in [0.5, 0.6) is 0 Å². The molecule has 1 aromatic carbocycles. The summed E-state index contributed by atoms with van der Waals surface area (Å²) in [4.78, 5) is 12.5. The molecule has 1 rings (SSSR count). The zero-order valence-electron chi connectivity index (χ0n) is 7.66. The SMILES string of the molecule is [2H]C(=O)c1ccc(N(C)C)cc1. The molecule has 1 aromatic rings. The van der Waals surface area contributed by atoms with Gasteiger partial charge in [-0.05, 0) is 24.3 Å². The fraction of sp³-hybridized carbons (Fsp3) is 0.222. The summed E-state index contributed by atoms with van der Waals surface area (Å²) in [7, 11) is 3.86. The van der Waals surface area contributed by atoms with Crippen LogP contribution in [0.15, 0.2) is 24.3 Å². The van der Waals surface area contributed by atoms with E-state index in [0.717, 1.165) is 5.69 Å². The number of aldehydes is 1. The number of hydrogen-bond donors (Lipinski definition) is 0. The van der Waals surface area contributed by atoms with Gasteiger partial charge in [-0.1, -0.05) is 0 Å². The van der Waals surface area contributed by atoms with E-state index in [2.05, 4.69) is 0 Å². The van der Waals surface area contributed by atoms with Gasteiger partial charge in [0.05, 0.1) is 0 Å². The molecule has 0 aliphatic heterocycles. The van der Waals surface area contributed by atoms with Gasteiger partial charge in [0.1, 0.15) is 7.63 Å². The van der Waals surface area contributed by atoms with Crippen molar-refractivity contribution in [3.63, 3.8) is 0 Å². The Kier molecular flexibility index (Phi) is 1.86. The van der Waals surface area contributed by atoms with Crippen LogP contribution in [0.4, 0.5) is 5.69 Å². The van der Waals surface area contributed by atoms with Gasteiger partial charge in [0.2, 0.25) is 0 Å². The molecule has 0 spiro atoms. The average Bonchev–Trinajstić information content (AvgIpc) is 2.04.